The molecule has 2 aliphatic carbocycles. The SMILES string of the molecule is CC1(C)CC(C)(C)c2nc3c(nc21)N1c2ccc(cc2)CC24Cc5ccc(c(c5)CC5=C2C2N(c6ccccc6)c6ccccc6N2c2ccccc25)N3C14. The molecule has 1 aromatic heterocycles. The number of fused-ring (bicyclic) bond motifs is 10. The Kier molecular flexibility index (Phi) is 5.46. The predicted molar refractivity (Wildman–Crippen MR) is 222 cm³/mol. The van der Waals surface area contributed by atoms with E-state index in [-0.39, 0.29) is 28.6 Å². The summed E-state index contributed by atoms with van der Waals surface area (Å²) < 4.78 is 0. The molecule has 0 saturated heterocycles. The van der Waals surface area contributed by atoms with Crippen LogP contribution in [0.3, 0.4) is 0 Å². The van der Waals surface area contributed by atoms with Crippen LogP contribution >= 0.6 is 0 Å². The Balaban J connectivity index is 1.18. The van der Waals surface area contributed by atoms with Gasteiger partial charge in [0.15, 0.2) is 11.6 Å². The molecular formula is C49H42N6. The van der Waals surface area contributed by atoms with Gasteiger partial charge in [0.2, 0.25) is 0 Å². The first-order valence-corrected chi connectivity index (χ1v) is 20.0. The standard InChI is InChI=1S/C49H42N6/c1-47(2)28-48(3,4)42-41(47)50-43-44(51-42)55-36-23-20-30-24-31(36)25-35-34-14-8-9-15-37(34)54-39-17-11-10-16-38(39)52(32-12-6-5-7-13-32)45(54)40(35)49(27-30)26-29-18-21-33(22-19-29)53(43)46(49)55/h5-24,45-46H,25-28H2,1-4H3. The molecule has 6 aromatic rings. The van der Waals surface area contributed by atoms with Crippen LogP contribution in [-0.2, 0) is 30.1 Å². The van der Waals surface area contributed by atoms with Gasteiger partial charge in [0.1, 0.15) is 12.3 Å². The van der Waals surface area contributed by atoms with Crippen LogP contribution in [0.15, 0.2) is 127 Å². The smallest absolute Gasteiger partial charge is 0.179 e. The molecule has 5 aromatic carbocycles. The second kappa shape index (κ2) is 9.86. The van der Waals surface area contributed by atoms with E-state index >= 15 is 0 Å². The molecule has 9 heterocycles. The minimum Gasteiger partial charge on any atom is -0.314 e. The number of para-hydroxylation sites is 4. The lowest BCUT2D eigenvalue weighted by Crippen LogP contribution is -2.61. The summed E-state index contributed by atoms with van der Waals surface area (Å²) in [5.41, 5.74) is 17.7. The van der Waals surface area contributed by atoms with E-state index in [1.807, 2.05) is 0 Å². The number of anilines is 8. The Morgan fingerprint density at radius 3 is 1.89 bits per heavy atom. The van der Waals surface area contributed by atoms with E-state index in [4.69, 9.17) is 9.97 Å². The highest BCUT2D eigenvalue weighted by Gasteiger charge is 2.62. The van der Waals surface area contributed by atoms with Crippen molar-refractivity contribution < 1.29 is 0 Å². The third-order valence-electron chi connectivity index (χ3n) is 14.0. The third-order valence-corrected chi connectivity index (χ3v) is 14.0. The van der Waals surface area contributed by atoms with Crippen molar-refractivity contribution in [3.8, 4) is 0 Å². The molecule has 3 unspecified atom stereocenters. The van der Waals surface area contributed by atoms with Crippen molar-refractivity contribution in [3.63, 3.8) is 0 Å². The summed E-state index contributed by atoms with van der Waals surface area (Å²) in [6, 6.07) is 46.2. The highest BCUT2D eigenvalue weighted by molar-refractivity contribution is 6.00. The molecule has 55 heavy (non-hydrogen) atoms. The zero-order chi connectivity index (χ0) is 36.6. The number of allylic oxidation sites excluding steroid dienone is 1. The summed E-state index contributed by atoms with van der Waals surface area (Å²) in [5, 5.41) is 0. The molecule has 0 fully saturated rings. The molecule has 10 aliphatic rings. The van der Waals surface area contributed by atoms with Crippen LogP contribution < -0.4 is 19.6 Å². The zero-order valence-electron chi connectivity index (χ0n) is 31.7. The predicted octanol–water partition coefficient (Wildman–Crippen LogP) is 10.8. The van der Waals surface area contributed by atoms with E-state index in [0.29, 0.717) is 0 Å². The normalized spacial score (nSPS) is 24.6. The molecule has 268 valence electrons. The second-order valence-corrected chi connectivity index (χ2v) is 18.3. The topological polar surface area (TPSA) is 38.7 Å². The highest BCUT2D eigenvalue weighted by atomic mass is 15.5. The maximum absolute atomic E-state index is 5.81. The van der Waals surface area contributed by atoms with Gasteiger partial charge in [0, 0.05) is 45.3 Å². The van der Waals surface area contributed by atoms with E-state index in [2.05, 4.69) is 169 Å². The lowest BCUT2D eigenvalue weighted by atomic mass is 9.61. The van der Waals surface area contributed by atoms with Crippen LogP contribution in [0.25, 0.3) is 5.57 Å². The summed E-state index contributed by atoms with van der Waals surface area (Å²) in [4.78, 5) is 22.2. The molecule has 0 amide bonds. The maximum atomic E-state index is 5.81. The van der Waals surface area contributed by atoms with Crippen LogP contribution in [-0.4, -0.2) is 22.3 Å². The van der Waals surface area contributed by atoms with E-state index in [1.54, 1.807) is 0 Å². The van der Waals surface area contributed by atoms with E-state index < -0.39 is 0 Å². The highest BCUT2D eigenvalue weighted by Crippen LogP contribution is 2.66. The van der Waals surface area contributed by atoms with E-state index in [1.165, 1.54) is 67.5 Å². The number of benzene rings is 5. The van der Waals surface area contributed by atoms with Crippen molar-refractivity contribution >= 4 is 51.3 Å². The Hall–Kier alpha value is -5.88. The van der Waals surface area contributed by atoms with Gasteiger partial charge in [-0.1, -0.05) is 100 Å². The molecule has 0 N–H and O–H groups in total. The van der Waals surface area contributed by atoms with E-state index in [0.717, 1.165) is 48.7 Å². The van der Waals surface area contributed by atoms with Crippen molar-refractivity contribution in [1.29, 1.82) is 0 Å². The van der Waals surface area contributed by atoms with Crippen molar-refractivity contribution in [2.24, 2.45) is 5.41 Å². The number of aromatic nitrogens is 2. The summed E-state index contributed by atoms with van der Waals surface area (Å²) in [6.07, 6.45) is 3.55. The molecular weight excluding hydrogens is 673 g/mol. The molecule has 0 radical (unpaired) electrons. The Morgan fingerprint density at radius 2 is 1.15 bits per heavy atom. The summed E-state index contributed by atoms with van der Waals surface area (Å²) in [6.45, 7) is 9.44. The van der Waals surface area contributed by atoms with Gasteiger partial charge in [-0.3, -0.25) is 0 Å². The van der Waals surface area contributed by atoms with Crippen LogP contribution in [0.5, 0.6) is 0 Å². The first-order valence-electron chi connectivity index (χ1n) is 20.0. The fourth-order valence-electron chi connectivity index (χ4n) is 12.3. The van der Waals surface area contributed by atoms with Crippen molar-refractivity contribution in [2.75, 3.05) is 19.6 Å². The van der Waals surface area contributed by atoms with Crippen LogP contribution in [0.2, 0.25) is 0 Å². The average Bonchev–Trinajstić information content (AvgIpc) is 3.74. The summed E-state index contributed by atoms with van der Waals surface area (Å²) in [7, 11) is 0. The quantitative estimate of drug-likeness (QED) is 0.169. The molecule has 0 saturated carbocycles. The Bertz CT molecular complexity index is 2700. The maximum Gasteiger partial charge on any atom is 0.179 e. The van der Waals surface area contributed by atoms with Crippen molar-refractivity contribution in [3.05, 3.63) is 161 Å². The Morgan fingerprint density at radius 1 is 0.545 bits per heavy atom. The van der Waals surface area contributed by atoms with Gasteiger partial charge in [0.05, 0.1) is 28.5 Å². The van der Waals surface area contributed by atoms with Gasteiger partial charge in [-0.05, 0) is 95.6 Å². The van der Waals surface area contributed by atoms with Crippen LogP contribution in [0, 0.1) is 5.41 Å². The van der Waals surface area contributed by atoms with Gasteiger partial charge < -0.3 is 19.6 Å². The van der Waals surface area contributed by atoms with E-state index in [9.17, 15) is 0 Å². The van der Waals surface area contributed by atoms with Crippen molar-refractivity contribution in [2.45, 2.75) is 76.5 Å². The summed E-state index contributed by atoms with van der Waals surface area (Å²) in [5.74, 6) is 2.00. The number of hydrogen-bond acceptors (Lipinski definition) is 6. The molecule has 8 aliphatic heterocycles. The van der Waals surface area contributed by atoms with Crippen LogP contribution in [0.4, 0.5) is 45.8 Å². The summed E-state index contributed by atoms with van der Waals surface area (Å²) >= 11 is 0. The first kappa shape index (κ1) is 30.4. The largest absolute Gasteiger partial charge is 0.314 e. The van der Waals surface area contributed by atoms with Gasteiger partial charge in [0.25, 0.3) is 0 Å². The van der Waals surface area contributed by atoms with Gasteiger partial charge in [-0.25, -0.2) is 9.97 Å². The third kappa shape index (κ3) is 3.66. The van der Waals surface area contributed by atoms with Gasteiger partial charge in [-0.2, -0.15) is 0 Å². The lowest BCUT2D eigenvalue weighted by molar-refractivity contribution is 0.261. The number of rotatable bonds is 1. The number of hydrogen-bond donors (Lipinski definition) is 0. The van der Waals surface area contributed by atoms with Crippen molar-refractivity contribution in [1.82, 2.24) is 9.97 Å². The molecule has 1 spiro atoms. The fraction of sp³-hybridized carbons (Fsp3) is 0.265. The molecule has 6 bridgehead atoms. The molecule has 16 rings (SSSR count). The molecule has 3 atom stereocenters. The minimum absolute atomic E-state index is 0.0667. The van der Waals surface area contributed by atoms with Gasteiger partial charge >= 0.3 is 0 Å². The van der Waals surface area contributed by atoms with Crippen LogP contribution in [0.1, 0.15) is 67.8 Å². The monoisotopic (exact) mass is 714 g/mol. The minimum atomic E-state index is -0.372. The molecule has 6 heteroatoms. The Labute approximate surface area is 322 Å². The average molecular weight is 715 g/mol. The first-order chi connectivity index (χ1) is 26.7. The fourth-order valence-corrected chi connectivity index (χ4v) is 12.3. The molecule has 6 nitrogen and oxygen atoms in total. The lowest BCUT2D eigenvalue weighted by Gasteiger charge is -2.56. The number of nitrogens with zero attached hydrogens (tertiary/aromatic N) is 6. The zero-order valence-corrected chi connectivity index (χ0v) is 31.7. The second-order valence-electron chi connectivity index (χ2n) is 18.3. The van der Waals surface area contributed by atoms with Gasteiger partial charge in [-0.15, -0.1) is 0 Å².